The first kappa shape index (κ1) is 13.0. The molecule has 0 aliphatic rings. The summed E-state index contributed by atoms with van der Waals surface area (Å²) < 4.78 is 5.94. The second kappa shape index (κ2) is 5.86. The van der Waals surface area contributed by atoms with E-state index in [0.29, 0.717) is 12.5 Å². The molecule has 1 aromatic rings. The van der Waals surface area contributed by atoms with Crippen LogP contribution in [0, 0.1) is 5.92 Å². The summed E-state index contributed by atoms with van der Waals surface area (Å²) >= 11 is 0. The van der Waals surface area contributed by atoms with Crippen molar-refractivity contribution >= 4 is 0 Å². The van der Waals surface area contributed by atoms with E-state index in [1.54, 1.807) is 0 Å². The number of allylic oxidation sites excluding steroid dienone is 1. The molecule has 0 saturated carbocycles. The van der Waals surface area contributed by atoms with Crippen molar-refractivity contribution < 1.29 is 4.74 Å². The lowest BCUT2D eigenvalue weighted by Crippen LogP contribution is -2.26. The van der Waals surface area contributed by atoms with Crippen LogP contribution in [0.5, 0.6) is 0 Å². The minimum atomic E-state index is -0.0938. The van der Waals surface area contributed by atoms with E-state index in [4.69, 9.17) is 4.74 Å². The van der Waals surface area contributed by atoms with Gasteiger partial charge in [-0.3, -0.25) is 0 Å². The first-order valence-corrected chi connectivity index (χ1v) is 5.84. The Labute approximate surface area is 99.1 Å². The number of ether oxygens (including phenoxy) is 1. The highest BCUT2D eigenvalue weighted by atomic mass is 16.5. The van der Waals surface area contributed by atoms with Crippen LogP contribution in [0.1, 0.15) is 32.8 Å². The third-order valence-electron chi connectivity index (χ3n) is 2.69. The molecule has 0 aliphatic carbocycles. The van der Waals surface area contributed by atoms with Crippen molar-refractivity contribution in [2.24, 2.45) is 5.92 Å². The Bertz CT molecular complexity index is 313. The van der Waals surface area contributed by atoms with Crippen LogP contribution in [0.3, 0.4) is 0 Å². The average Bonchev–Trinajstić information content (AvgIpc) is 2.27. The van der Waals surface area contributed by atoms with Gasteiger partial charge in [0.1, 0.15) is 0 Å². The molecule has 1 aromatic carbocycles. The minimum absolute atomic E-state index is 0.0938. The normalized spacial score (nSPS) is 13.4. The number of hydrogen-bond donors (Lipinski definition) is 0. The molecule has 1 rings (SSSR count). The van der Waals surface area contributed by atoms with Crippen molar-refractivity contribution in [1.82, 2.24) is 0 Å². The molecule has 0 radical (unpaired) electrons. The first-order valence-electron chi connectivity index (χ1n) is 5.84. The van der Waals surface area contributed by atoms with Crippen LogP contribution in [-0.4, -0.2) is 5.60 Å². The molecule has 0 saturated heterocycles. The molecular weight excluding hydrogens is 196 g/mol. The van der Waals surface area contributed by atoms with Gasteiger partial charge >= 0.3 is 0 Å². The second-order valence-corrected chi connectivity index (χ2v) is 4.95. The van der Waals surface area contributed by atoms with Gasteiger partial charge in [-0.1, -0.05) is 43.3 Å². The van der Waals surface area contributed by atoms with Gasteiger partial charge < -0.3 is 4.74 Å². The summed E-state index contributed by atoms with van der Waals surface area (Å²) in [5.74, 6) is 0.491. The molecule has 0 aliphatic heterocycles. The highest BCUT2D eigenvalue weighted by Gasteiger charge is 2.20. The monoisotopic (exact) mass is 218 g/mol. The average molecular weight is 218 g/mol. The molecule has 0 bridgehead atoms. The zero-order valence-electron chi connectivity index (χ0n) is 10.6. The largest absolute Gasteiger partial charge is 0.371 e. The third kappa shape index (κ3) is 4.63. The van der Waals surface area contributed by atoms with Crippen LogP contribution < -0.4 is 0 Å². The Hall–Kier alpha value is -1.08. The Morgan fingerprint density at radius 1 is 1.31 bits per heavy atom. The van der Waals surface area contributed by atoms with Gasteiger partial charge in [-0.15, -0.1) is 6.58 Å². The zero-order chi connectivity index (χ0) is 12.0. The summed E-state index contributed by atoms with van der Waals surface area (Å²) in [4.78, 5) is 0. The number of hydrogen-bond acceptors (Lipinski definition) is 1. The quantitative estimate of drug-likeness (QED) is 0.650. The second-order valence-electron chi connectivity index (χ2n) is 4.95. The predicted octanol–water partition coefficient (Wildman–Crippen LogP) is 4.19. The fourth-order valence-corrected chi connectivity index (χ4v) is 1.77. The number of benzene rings is 1. The van der Waals surface area contributed by atoms with E-state index < -0.39 is 0 Å². The molecule has 0 aromatic heterocycles. The molecule has 0 amide bonds. The fourth-order valence-electron chi connectivity index (χ4n) is 1.77. The molecule has 1 heteroatoms. The van der Waals surface area contributed by atoms with Gasteiger partial charge in [-0.2, -0.15) is 0 Å². The standard InChI is InChI=1S/C15H22O/c1-5-13(2)11-15(3,4)16-12-14-9-7-6-8-10-14/h5-10,13H,1,11-12H2,2-4H3. The molecule has 0 fully saturated rings. The van der Waals surface area contributed by atoms with Crippen LogP contribution in [0.15, 0.2) is 43.0 Å². The maximum atomic E-state index is 5.94. The predicted molar refractivity (Wildman–Crippen MR) is 69.3 cm³/mol. The minimum Gasteiger partial charge on any atom is -0.371 e. The van der Waals surface area contributed by atoms with Gasteiger partial charge in [-0.25, -0.2) is 0 Å². The molecule has 16 heavy (non-hydrogen) atoms. The van der Waals surface area contributed by atoms with Crippen molar-refractivity contribution in [1.29, 1.82) is 0 Å². The van der Waals surface area contributed by atoms with Crippen molar-refractivity contribution in [3.63, 3.8) is 0 Å². The molecule has 0 spiro atoms. The maximum Gasteiger partial charge on any atom is 0.0724 e. The fraction of sp³-hybridized carbons (Fsp3) is 0.467. The van der Waals surface area contributed by atoms with E-state index in [1.165, 1.54) is 5.56 Å². The summed E-state index contributed by atoms with van der Waals surface area (Å²) in [5.41, 5.74) is 1.13. The highest BCUT2D eigenvalue weighted by molar-refractivity contribution is 5.13. The molecule has 1 nitrogen and oxygen atoms in total. The van der Waals surface area contributed by atoms with E-state index >= 15 is 0 Å². The molecular formula is C15H22O. The van der Waals surface area contributed by atoms with Crippen LogP contribution in [0.4, 0.5) is 0 Å². The van der Waals surface area contributed by atoms with E-state index in [1.807, 2.05) is 24.3 Å². The SMILES string of the molecule is C=CC(C)CC(C)(C)OCc1ccccc1. The lowest BCUT2D eigenvalue weighted by atomic mass is 9.95. The van der Waals surface area contributed by atoms with Crippen molar-refractivity contribution in [2.45, 2.75) is 39.4 Å². The lowest BCUT2D eigenvalue weighted by Gasteiger charge is -2.27. The smallest absolute Gasteiger partial charge is 0.0724 e. The van der Waals surface area contributed by atoms with Crippen LogP contribution in [0.2, 0.25) is 0 Å². The van der Waals surface area contributed by atoms with Gasteiger partial charge in [0.15, 0.2) is 0 Å². The molecule has 0 heterocycles. The first-order chi connectivity index (χ1) is 7.53. The summed E-state index contributed by atoms with van der Waals surface area (Å²) in [6.07, 6.45) is 2.98. The Morgan fingerprint density at radius 2 is 1.94 bits per heavy atom. The van der Waals surface area contributed by atoms with Gasteiger partial charge in [0.05, 0.1) is 12.2 Å². The van der Waals surface area contributed by atoms with Crippen LogP contribution >= 0.6 is 0 Å². The van der Waals surface area contributed by atoms with E-state index in [-0.39, 0.29) is 5.60 Å². The summed E-state index contributed by atoms with van der Waals surface area (Å²) in [5, 5.41) is 0. The van der Waals surface area contributed by atoms with Gasteiger partial charge in [0.2, 0.25) is 0 Å². The van der Waals surface area contributed by atoms with Crippen molar-refractivity contribution in [3.05, 3.63) is 48.6 Å². The molecule has 1 unspecified atom stereocenters. The molecule has 88 valence electrons. The Morgan fingerprint density at radius 3 is 2.50 bits per heavy atom. The lowest BCUT2D eigenvalue weighted by molar-refractivity contribution is -0.0405. The molecule has 1 atom stereocenters. The molecule has 0 N–H and O–H groups in total. The van der Waals surface area contributed by atoms with Crippen molar-refractivity contribution in [2.75, 3.05) is 0 Å². The summed E-state index contributed by atoms with van der Waals surface area (Å²) in [7, 11) is 0. The van der Waals surface area contributed by atoms with Crippen LogP contribution in [0.25, 0.3) is 0 Å². The maximum absolute atomic E-state index is 5.94. The van der Waals surface area contributed by atoms with Gasteiger partial charge in [0.25, 0.3) is 0 Å². The topological polar surface area (TPSA) is 9.23 Å². The van der Waals surface area contributed by atoms with Crippen molar-refractivity contribution in [3.8, 4) is 0 Å². The summed E-state index contributed by atoms with van der Waals surface area (Å²) in [6, 6.07) is 10.3. The summed E-state index contributed by atoms with van der Waals surface area (Å²) in [6.45, 7) is 10.9. The highest BCUT2D eigenvalue weighted by Crippen LogP contribution is 2.22. The van der Waals surface area contributed by atoms with E-state index in [2.05, 4.69) is 39.5 Å². The number of rotatable bonds is 6. The van der Waals surface area contributed by atoms with Gasteiger partial charge in [-0.05, 0) is 31.7 Å². The van der Waals surface area contributed by atoms with E-state index in [0.717, 1.165) is 6.42 Å². The Kier molecular flexibility index (Phi) is 4.75. The van der Waals surface area contributed by atoms with E-state index in [9.17, 15) is 0 Å². The zero-order valence-corrected chi connectivity index (χ0v) is 10.6. The van der Waals surface area contributed by atoms with Gasteiger partial charge in [0, 0.05) is 0 Å². The Balaban J connectivity index is 2.44. The third-order valence-corrected chi connectivity index (χ3v) is 2.69. The van der Waals surface area contributed by atoms with Crippen LogP contribution in [-0.2, 0) is 11.3 Å².